The number of nitrogens with zero attached hydrogens (tertiary/aromatic N) is 2. The number of aromatic nitrogens is 1. The van der Waals surface area contributed by atoms with Crippen LogP contribution in [0.15, 0.2) is 30.3 Å². The van der Waals surface area contributed by atoms with E-state index in [1.54, 1.807) is 11.3 Å². The van der Waals surface area contributed by atoms with Crippen molar-refractivity contribution < 1.29 is 0 Å². The quantitative estimate of drug-likeness (QED) is 0.805. The number of para-hydroxylation sites is 1. The summed E-state index contributed by atoms with van der Waals surface area (Å²) in [5.74, 6) is 0. The molecule has 4 heteroatoms. The average Bonchev–Trinajstić information content (AvgIpc) is 2.88. The van der Waals surface area contributed by atoms with E-state index in [2.05, 4.69) is 62.2 Å². The summed E-state index contributed by atoms with van der Waals surface area (Å²) in [6.45, 7) is 10.7. The van der Waals surface area contributed by atoms with E-state index in [1.165, 1.54) is 10.6 Å². The van der Waals surface area contributed by atoms with Gasteiger partial charge in [0.2, 0.25) is 0 Å². The first-order valence-electron chi connectivity index (χ1n) is 7.70. The Morgan fingerprint density at radius 3 is 2.57 bits per heavy atom. The summed E-state index contributed by atoms with van der Waals surface area (Å²) in [5, 5.41) is 4.64. The molecule has 0 aliphatic carbocycles. The number of nitrogens with one attached hydrogen (secondary N) is 1. The highest BCUT2D eigenvalue weighted by Gasteiger charge is 2.17. The van der Waals surface area contributed by atoms with Gasteiger partial charge in [-0.1, -0.05) is 36.5 Å². The van der Waals surface area contributed by atoms with Crippen molar-refractivity contribution in [2.24, 2.45) is 0 Å². The third-order valence-corrected chi connectivity index (χ3v) is 4.89. The van der Waals surface area contributed by atoms with Gasteiger partial charge >= 0.3 is 0 Å². The lowest BCUT2D eigenvalue weighted by molar-refractivity contribution is 0.575. The molecule has 0 fully saturated rings. The predicted octanol–water partition coefficient (Wildman–Crippen LogP) is 4.67. The monoisotopic (exact) mass is 303 g/mol. The molecule has 1 aromatic heterocycles. The first kappa shape index (κ1) is 16.0. The van der Waals surface area contributed by atoms with E-state index < -0.39 is 0 Å². The Labute approximate surface area is 132 Å². The molecular formula is C17H25N3S. The first-order chi connectivity index (χ1) is 10.2. The van der Waals surface area contributed by atoms with Gasteiger partial charge in [0.1, 0.15) is 0 Å². The fraction of sp³-hybridized carbons (Fsp3) is 0.471. The predicted molar refractivity (Wildman–Crippen MR) is 92.7 cm³/mol. The maximum atomic E-state index is 4.79. The topological polar surface area (TPSA) is 28.2 Å². The molecule has 0 spiro atoms. The van der Waals surface area contributed by atoms with Crippen LogP contribution in [0.5, 0.6) is 0 Å². The van der Waals surface area contributed by atoms with E-state index in [9.17, 15) is 0 Å². The molecule has 0 saturated heterocycles. The molecular weight excluding hydrogens is 278 g/mol. The minimum absolute atomic E-state index is 0.366. The van der Waals surface area contributed by atoms with Crippen LogP contribution in [-0.4, -0.2) is 18.1 Å². The molecule has 1 heterocycles. The van der Waals surface area contributed by atoms with Gasteiger partial charge in [-0.15, -0.1) is 0 Å². The van der Waals surface area contributed by atoms with Crippen molar-refractivity contribution in [1.82, 2.24) is 10.3 Å². The maximum Gasteiger partial charge on any atom is 0.190 e. The first-order valence-corrected chi connectivity index (χ1v) is 8.52. The Morgan fingerprint density at radius 2 is 1.95 bits per heavy atom. The number of rotatable bonds is 7. The zero-order valence-electron chi connectivity index (χ0n) is 13.4. The van der Waals surface area contributed by atoms with Gasteiger partial charge in [0.15, 0.2) is 5.13 Å². The third kappa shape index (κ3) is 3.83. The normalized spacial score (nSPS) is 12.4. The fourth-order valence-electron chi connectivity index (χ4n) is 2.40. The van der Waals surface area contributed by atoms with E-state index in [0.29, 0.717) is 6.04 Å². The summed E-state index contributed by atoms with van der Waals surface area (Å²) in [6.07, 6.45) is 1.15. The van der Waals surface area contributed by atoms with Gasteiger partial charge in [0.25, 0.3) is 0 Å². The molecule has 1 aromatic carbocycles. The molecule has 0 radical (unpaired) electrons. The third-order valence-electron chi connectivity index (χ3n) is 3.53. The molecule has 1 atom stereocenters. The number of benzene rings is 1. The molecule has 0 amide bonds. The number of hydrogen-bond donors (Lipinski definition) is 1. The van der Waals surface area contributed by atoms with Crippen molar-refractivity contribution in [1.29, 1.82) is 0 Å². The summed E-state index contributed by atoms with van der Waals surface area (Å²) in [5.41, 5.74) is 2.34. The van der Waals surface area contributed by atoms with Crippen LogP contribution in [0.4, 0.5) is 10.8 Å². The lowest BCUT2D eigenvalue weighted by Gasteiger charge is -2.19. The number of hydrogen-bond acceptors (Lipinski definition) is 4. The van der Waals surface area contributed by atoms with E-state index in [0.717, 1.165) is 30.3 Å². The van der Waals surface area contributed by atoms with Gasteiger partial charge in [-0.3, -0.25) is 0 Å². The Morgan fingerprint density at radius 1 is 1.24 bits per heavy atom. The second-order valence-corrected chi connectivity index (χ2v) is 6.21. The Bertz CT molecular complexity index is 550. The van der Waals surface area contributed by atoms with Crippen LogP contribution in [0.2, 0.25) is 0 Å². The lowest BCUT2D eigenvalue weighted by Crippen LogP contribution is -2.18. The number of thiazole rings is 1. The largest absolute Gasteiger partial charge is 0.318 e. The Hall–Kier alpha value is -1.39. The van der Waals surface area contributed by atoms with Crippen LogP contribution in [0.3, 0.4) is 0 Å². The summed E-state index contributed by atoms with van der Waals surface area (Å²) in [6, 6.07) is 10.8. The summed E-state index contributed by atoms with van der Waals surface area (Å²) in [4.78, 5) is 8.40. The van der Waals surface area contributed by atoms with Crippen LogP contribution in [0, 0.1) is 6.92 Å². The van der Waals surface area contributed by atoms with Crippen LogP contribution in [0.25, 0.3) is 0 Å². The smallest absolute Gasteiger partial charge is 0.190 e. The number of anilines is 2. The van der Waals surface area contributed by atoms with Crippen molar-refractivity contribution in [3.8, 4) is 0 Å². The van der Waals surface area contributed by atoms with Gasteiger partial charge in [0, 0.05) is 23.2 Å². The van der Waals surface area contributed by atoms with E-state index in [1.807, 2.05) is 6.07 Å². The molecule has 0 aliphatic rings. The minimum Gasteiger partial charge on any atom is -0.318 e. The molecule has 3 nitrogen and oxygen atoms in total. The molecule has 2 rings (SSSR count). The van der Waals surface area contributed by atoms with Crippen molar-refractivity contribution in [3.63, 3.8) is 0 Å². The van der Waals surface area contributed by atoms with E-state index >= 15 is 0 Å². The van der Waals surface area contributed by atoms with Gasteiger partial charge in [-0.25, -0.2) is 4.98 Å². The molecule has 0 aliphatic heterocycles. The average molecular weight is 303 g/mol. The highest BCUT2D eigenvalue weighted by atomic mass is 32.1. The van der Waals surface area contributed by atoms with Crippen LogP contribution in [-0.2, 0) is 0 Å². The molecule has 2 aromatic rings. The van der Waals surface area contributed by atoms with Gasteiger partial charge in [-0.2, -0.15) is 0 Å². The van der Waals surface area contributed by atoms with Crippen molar-refractivity contribution >= 4 is 22.2 Å². The van der Waals surface area contributed by atoms with E-state index in [-0.39, 0.29) is 0 Å². The molecule has 0 saturated carbocycles. The summed E-state index contributed by atoms with van der Waals surface area (Å²) >= 11 is 1.80. The fourth-order valence-corrected chi connectivity index (χ4v) is 3.58. The van der Waals surface area contributed by atoms with Crippen LogP contribution < -0.4 is 10.2 Å². The van der Waals surface area contributed by atoms with Gasteiger partial charge in [-0.05, 0) is 45.9 Å². The zero-order valence-corrected chi connectivity index (χ0v) is 14.2. The number of aryl methyl sites for hydroxylation is 1. The highest BCUT2D eigenvalue weighted by molar-refractivity contribution is 7.15. The summed E-state index contributed by atoms with van der Waals surface area (Å²) < 4.78 is 0. The lowest BCUT2D eigenvalue weighted by atomic mass is 10.2. The van der Waals surface area contributed by atoms with Crippen molar-refractivity contribution in [2.45, 2.75) is 40.2 Å². The zero-order chi connectivity index (χ0) is 15.2. The van der Waals surface area contributed by atoms with Crippen LogP contribution in [0.1, 0.15) is 43.8 Å². The van der Waals surface area contributed by atoms with Crippen LogP contribution >= 0.6 is 11.3 Å². The molecule has 1 unspecified atom stereocenters. The second-order valence-electron chi connectivity index (χ2n) is 5.20. The van der Waals surface area contributed by atoms with Crippen molar-refractivity contribution in [3.05, 3.63) is 40.9 Å². The molecule has 114 valence electrons. The van der Waals surface area contributed by atoms with E-state index in [4.69, 9.17) is 4.98 Å². The molecule has 1 N–H and O–H groups in total. The molecule has 21 heavy (non-hydrogen) atoms. The maximum absolute atomic E-state index is 4.79. The highest BCUT2D eigenvalue weighted by Crippen LogP contribution is 2.34. The van der Waals surface area contributed by atoms with Gasteiger partial charge < -0.3 is 10.2 Å². The Balaban J connectivity index is 2.24. The second kappa shape index (κ2) is 7.57. The van der Waals surface area contributed by atoms with Gasteiger partial charge in [0.05, 0.1) is 5.69 Å². The minimum atomic E-state index is 0.366. The SMILES string of the molecule is CCCNC(C)c1sc(N(CC)c2ccccc2)nc1C. The Kier molecular flexibility index (Phi) is 5.76. The summed E-state index contributed by atoms with van der Waals surface area (Å²) in [7, 11) is 0. The molecule has 0 bridgehead atoms. The van der Waals surface area contributed by atoms with Crippen molar-refractivity contribution in [2.75, 3.05) is 18.0 Å². The standard InChI is InChI=1S/C17H25N3S/c1-5-12-18-13(3)16-14(4)19-17(21-16)20(6-2)15-10-8-7-9-11-15/h7-11,13,18H,5-6,12H2,1-4H3.